The van der Waals surface area contributed by atoms with Gasteiger partial charge in [0.25, 0.3) is 0 Å². The molecule has 10 heteroatoms. The lowest BCUT2D eigenvalue weighted by atomic mass is 10.1. The fourth-order valence-corrected chi connectivity index (χ4v) is 3.15. The van der Waals surface area contributed by atoms with E-state index in [-0.39, 0.29) is 23.9 Å². The largest absolute Gasteiger partial charge is 0.444 e. The number of carbonyl (C=O) groups excluding carboxylic acids is 1. The third-order valence-corrected chi connectivity index (χ3v) is 4.46. The molecule has 1 atom stereocenters. The molecule has 1 aromatic heterocycles. The summed E-state index contributed by atoms with van der Waals surface area (Å²) in [6, 6.07) is -0.0961. The van der Waals surface area contributed by atoms with E-state index in [1.54, 1.807) is 9.58 Å². The average Bonchev–Trinajstić information content (AvgIpc) is 2.88. The number of aromatic nitrogens is 2. The number of ether oxygens (including phenoxy) is 2. The van der Waals surface area contributed by atoms with Crippen molar-refractivity contribution in [3.63, 3.8) is 0 Å². The number of rotatable bonds is 3. The maximum absolute atomic E-state index is 12.3. The van der Waals surface area contributed by atoms with Gasteiger partial charge in [-0.15, -0.1) is 0 Å². The van der Waals surface area contributed by atoms with Crippen LogP contribution in [0.2, 0.25) is 0 Å². The number of nitrogens with zero attached hydrogens (tertiary/aromatic N) is 5. The van der Waals surface area contributed by atoms with E-state index in [0.29, 0.717) is 38.7 Å². The highest BCUT2D eigenvalue weighted by molar-refractivity contribution is 5.69. The van der Waals surface area contributed by atoms with Crippen molar-refractivity contribution in [1.82, 2.24) is 14.7 Å². The molecule has 3 rings (SSSR count). The molecule has 2 fully saturated rings. The Morgan fingerprint density at radius 3 is 2.58 bits per heavy atom. The summed E-state index contributed by atoms with van der Waals surface area (Å²) in [5, 5.41) is 15.7. The minimum atomic E-state index is -0.556. The Labute approximate surface area is 151 Å². The van der Waals surface area contributed by atoms with Gasteiger partial charge in [-0.25, -0.2) is 9.48 Å². The number of anilines is 1. The van der Waals surface area contributed by atoms with Crippen LogP contribution in [0, 0.1) is 10.1 Å². The van der Waals surface area contributed by atoms with Gasteiger partial charge >= 0.3 is 11.8 Å². The molecule has 0 unspecified atom stereocenters. The predicted molar refractivity (Wildman–Crippen MR) is 93.4 cm³/mol. The zero-order valence-corrected chi connectivity index (χ0v) is 15.5. The highest BCUT2D eigenvalue weighted by Crippen LogP contribution is 2.35. The van der Waals surface area contributed by atoms with Gasteiger partial charge in [0, 0.05) is 25.7 Å². The third-order valence-electron chi connectivity index (χ3n) is 4.46. The highest BCUT2D eigenvalue weighted by atomic mass is 16.6. The number of carbonyl (C=O) groups is 1. The minimum Gasteiger partial charge on any atom is -0.444 e. The van der Waals surface area contributed by atoms with E-state index >= 15 is 0 Å². The summed E-state index contributed by atoms with van der Waals surface area (Å²) in [4.78, 5) is 26.9. The minimum absolute atomic E-state index is 0.00906. The number of amides is 1. The van der Waals surface area contributed by atoms with E-state index in [9.17, 15) is 14.9 Å². The van der Waals surface area contributed by atoms with Crippen molar-refractivity contribution in [2.24, 2.45) is 0 Å². The first kappa shape index (κ1) is 18.4. The van der Waals surface area contributed by atoms with Crippen LogP contribution in [0.3, 0.4) is 0 Å². The van der Waals surface area contributed by atoms with Crippen LogP contribution in [-0.4, -0.2) is 70.2 Å². The van der Waals surface area contributed by atoms with E-state index in [2.05, 4.69) is 5.10 Å². The molecule has 2 aliphatic heterocycles. The van der Waals surface area contributed by atoms with E-state index in [4.69, 9.17) is 9.47 Å². The number of hydrogen-bond acceptors (Lipinski definition) is 7. The van der Waals surface area contributed by atoms with Gasteiger partial charge in [-0.1, -0.05) is 0 Å². The molecule has 2 aliphatic rings. The molecule has 0 bridgehead atoms. The summed E-state index contributed by atoms with van der Waals surface area (Å²) < 4.78 is 12.3. The molecule has 26 heavy (non-hydrogen) atoms. The van der Waals surface area contributed by atoms with E-state index in [0.717, 1.165) is 0 Å². The second kappa shape index (κ2) is 6.75. The van der Waals surface area contributed by atoms with Gasteiger partial charge in [0.15, 0.2) is 0 Å². The lowest BCUT2D eigenvalue weighted by molar-refractivity contribution is -0.384. The normalized spacial score (nSPS) is 21.5. The lowest BCUT2D eigenvalue weighted by Gasteiger charge is -2.41. The van der Waals surface area contributed by atoms with Crippen molar-refractivity contribution in [2.75, 3.05) is 37.7 Å². The first-order valence-corrected chi connectivity index (χ1v) is 8.71. The number of hydrogen-bond donors (Lipinski definition) is 0. The van der Waals surface area contributed by atoms with Crippen LogP contribution in [0.1, 0.15) is 33.7 Å². The summed E-state index contributed by atoms with van der Waals surface area (Å²) in [5.74, 6) is 0.486. The van der Waals surface area contributed by atoms with Crippen molar-refractivity contribution < 1.29 is 19.2 Å². The van der Waals surface area contributed by atoms with Gasteiger partial charge < -0.3 is 19.3 Å². The Hall–Kier alpha value is -2.36. The van der Waals surface area contributed by atoms with Crippen LogP contribution in [0.4, 0.5) is 16.3 Å². The maximum atomic E-state index is 12.3. The first-order chi connectivity index (χ1) is 12.2. The Kier molecular flexibility index (Phi) is 4.78. The molecule has 0 saturated carbocycles. The van der Waals surface area contributed by atoms with E-state index < -0.39 is 10.5 Å². The number of nitro groups is 1. The SMILES string of the molecule is C[C@@H]1CN(C(=O)OC(C)(C)C)CCN1c1c([N+](=O)[O-])cnn1C1COC1. The van der Waals surface area contributed by atoms with Crippen LogP contribution in [-0.2, 0) is 9.47 Å². The van der Waals surface area contributed by atoms with Gasteiger partial charge in [-0.3, -0.25) is 10.1 Å². The van der Waals surface area contributed by atoms with Crippen LogP contribution >= 0.6 is 0 Å². The molecule has 0 spiro atoms. The van der Waals surface area contributed by atoms with Crippen LogP contribution in [0.25, 0.3) is 0 Å². The van der Waals surface area contributed by atoms with E-state index in [1.165, 1.54) is 6.20 Å². The van der Waals surface area contributed by atoms with Crippen LogP contribution in [0.5, 0.6) is 0 Å². The zero-order chi connectivity index (χ0) is 19.1. The summed E-state index contributed by atoms with van der Waals surface area (Å²) in [6.45, 7) is 9.75. The predicted octanol–water partition coefficient (Wildman–Crippen LogP) is 1.81. The Balaban J connectivity index is 1.78. The molecule has 0 aromatic carbocycles. The van der Waals surface area contributed by atoms with Gasteiger partial charge in [0.1, 0.15) is 17.8 Å². The van der Waals surface area contributed by atoms with Gasteiger partial charge in [0.05, 0.1) is 18.1 Å². The molecular weight excluding hydrogens is 342 g/mol. The monoisotopic (exact) mass is 367 g/mol. The first-order valence-electron chi connectivity index (χ1n) is 8.71. The summed E-state index contributed by atoms with van der Waals surface area (Å²) in [7, 11) is 0. The second-order valence-electron chi connectivity index (χ2n) is 7.72. The standard InChI is InChI=1S/C16H25N5O5/c1-11-8-18(15(22)26-16(2,3)4)5-6-19(11)14-13(21(23)24)7-17-20(14)12-9-25-10-12/h7,11-12H,5-6,8-10H2,1-4H3/t11-/m1/s1. The molecule has 1 aromatic rings. The van der Waals surface area contributed by atoms with E-state index in [1.807, 2.05) is 32.6 Å². The molecule has 144 valence electrons. The molecule has 3 heterocycles. The molecule has 0 N–H and O–H groups in total. The van der Waals surface area contributed by atoms with Crippen molar-refractivity contribution in [2.45, 2.75) is 45.4 Å². The van der Waals surface area contributed by atoms with Crippen LogP contribution < -0.4 is 4.90 Å². The molecule has 0 radical (unpaired) electrons. The zero-order valence-electron chi connectivity index (χ0n) is 15.5. The third kappa shape index (κ3) is 3.59. The summed E-state index contributed by atoms with van der Waals surface area (Å²) in [6.07, 6.45) is 0.931. The lowest BCUT2D eigenvalue weighted by Crippen LogP contribution is -2.55. The molecule has 10 nitrogen and oxygen atoms in total. The Morgan fingerprint density at radius 1 is 1.38 bits per heavy atom. The number of piperazine rings is 1. The average molecular weight is 367 g/mol. The fraction of sp³-hybridized carbons (Fsp3) is 0.750. The molecule has 0 aliphatic carbocycles. The van der Waals surface area contributed by atoms with Gasteiger partial charge in [-0.05, 0) is 27.7 Å². The van der Waals surface area contributed by atoms with Crippen molar-refractivity contribution in [3.8, 4) is 0 Å². The fourth-order valence-electron chi connectivity index (χ4n) is 3.15. The van der Waals surface area contributed by atoms with Gasteiger partial charge in [-0.2, -0.15) is 5.10 Å². The maximum Gasteiger partial charge on any atom is 0.410 e. The van der Waals surface area contributed by atoms with Crippen LogP contribution in [0.15, 0.2) is 6.20 Å². The molecule has 1 amide bonds. The molecular formula is C16H25N5O5. The van der Waals surface area contributed by atoms with Gasteiger partial charge in [0.2, 0.25) is 5.82 Å². The Bertz CT molecular complexity index is 694. The van der Waals surface area contributed by atoms with Crippen molar-refractivity contribution in [3.05, 3.63) is 16.3 Å². The molecule has 2 saturated heterocycles. The summed E-state index contributed by atoms with van der Waals surface area (Å²) >= 11 is 0. The summed E-state index contributed by atoms with van der Waals surface area (Å²) in [5.41, 5.74) is -0.575. The van der Waals surface area contributed by atoms with Crippen molar-refractivity contribution in [1.29, 1.82) is 0 Å². The Morgan fingerprint density at radius 2 is 2.08 bits per heavy atom. The highest BCUT2D eigenvalue weighted by Gasteiger charge is 2.37. The second-order valence-corrected chi connectivity index (χ2v) is 7.72. The van der Waals surface area contributed by atoms with Crippen molar-refractivity contribution >= 4 is 17.6 Å². The smallest absolute Gasteiger partial charge is 0.410 e. The topological polar surface area (TPSA) is 103 Å². The quantitative estimate of drug-likeness (QED) is 0.593.